The van der Waals surface area contributed by atoms with Gasteiger partial charge in [0.15, 0.2) is 0 Å². The zero-order valence-electron chi connectivity index (χ0n) is 13.4. The van der Waals surface area contributed by atoms with Gasteiger partial charge in [0.05, 0.1) is 11.0 Å². The molecule has 0 fully saturated rings. The topological polar surface area (TPSA) is 83.8 Å². The van der Waals surface area contributed by atoms with Crippen LogP contribution in [-0.2, 0) is 0 Å². The monoisotopic (exact) mass is 328 g/mol. The van der Waals surface area contributed by atoms with Crippen molar-refractivity contribution in [1.82, 2.24) is 9.97 Å². The maximum atomic E-state index is 12.2. The van der Waals surface area contributed by atoms with Crippen LogP contribution in [0.15, 0.2) is 72.8 Å². The highest BCUT2D eigenvalue weighted by molar-refractivity contribution is 6.04. The van der Waals surface area contributed by atoms with Crippen molar-refractivity contribution >= 4 is 28.3 Å². The quantitative estimate of drug-likeness (QED) is 0.496. The Morgan fingerprint density at radius 3 is 2.36 bits per heavy atom. The minimum atomic E-state index is -0.170. The van der Waals surface area contributed by atoms with E-state index in [1.165, 1.54) is 0 Å². The van der Waals surface area contributed by atoms with Gasteiger partial charge in [-0.3, -0.25) is 4.79 Å². The molecule has 0 spiro atoms. The van der Waals surface area contributed by atoms with Crippen molar-refractivity contribution in [2.75, 3.05) is 11.1 Å². The molecule has 5 nitrogen and oxygen atoms in total. The van der Waals surface area contributed by atoms with Crippen LogP contribution in [0.4, 0.5) is 11.4 Å². The summed E-state index contributed by atoms with van der Waals surface area (Å²) in [6.07, 6.45) is 0. The molecule has 0 saturated carbocycles. The molecule has 1 aromatic heterocycles. The van der Waals surface area contributed by atoms with Crippen LogP contribution in [0.1, 0.15) is 10.4 Å². The molecule has 0 aliphatic carbocycles. The minimum absolute atomic E-state index is 0.170. The number of aromatic amines is 1. The van der Waals surface area contributed by atoms with Gasteiger partial charge in [-0.15, -0.1) is 0 Å². The number of aromatic nitrogens is 2. The van der Waals surface area contributed by atoms with Crippen molar-refractivity contribution in [2.45, 2.75) is 0 Å². The van der Waals surface area contributed by atoms with Gasteiger partial charge in [-0.05, 0) is 60.7 Å². The summed E-state index contributed by atoms with van der Waals surface area (Å²) in [4.78, 5) is 20.1. The van der Waals surface area contributed by atoms with Crippen molar-refractivity contribution < 1.29 is 4.79 Å². The molecule has 122 valence electrons. The molecule has 0 saturated heterocycles. The Labute approximate surface area is 144 Å². The maximum Gasteiger partial charge on any atom is 0.255 e. The highest BCUT2D eigenvalue weighted by atomic mass is 16.1. The fraction of sp³-hybridized carbons (Fsp3) is 0. The van der Waals surface area contributed by atoms with Crippen LogP contribution in [0.5, 0.6) is 0 Å². The number of amides is 1. The van der Waals surface area contributed by atoms with E-state index >= 15 is 0 Å². The predicted octanol–water partition coefficient (Wildman–Crippen LogP) is 4.06. The Kier molecular flexibility index (Phi) is 3.67. The molecule has 4 rings (SSSR count). The van der Waals surface area contributed by atoms with Gasteiger partial charge in [-0.2, -0.15) is 0 Å². The average Bonchev–Trinajstić information content (AvgIpc) is 3.07. The lowest BCUT2D eigenvalue weighted by molar-refractivity contribution is 0.102. The number of anilines is 2. The number of hydrogen-bond acceptors (Lipinski definition) is 3. The Hall–Kier alpha value is -3.60. The number of hydrogen-bond donors (Lipinski definition) is 3. The van der Waals surface area contributed by atoms with Gasteiger partial charge in [0, 0.05) is 22.5 Å². The summed E-state index contributed by atoms with van der Waals surface area (Å²) >= 11 is 0. The van der Waals surface area contributed by atoms with Crippen LogP contribution in [-0.4, -0.2) is 15.9 Å². The summed E-state index contributed by atoms with van der Waals surface area (Å²) < 4.78 is 0. The van der Waals surface area contributed by atoms with Crippen molar-refractivity contribution in [3.05, 3.63) is 78.4 Å². The predicted molar refractivity (Wildman–Crippen MR) is 100 cm³/mol. The fourth-order valence-corrected chi connectivity index (χ4v) is 2.64. The van der Waals surface area contributed by atoms with Gasteiger partial charge < -0.3 is 16.0 Å². The second-order valence-corrected chi connectivity index (χ2v) is 5.76. The third kappa shape index (κ3) is 3.07. The molecule has 1 heterocycles. The molecular weight excluding hydrogens is 312 g/mol. The highest BCUT2D eigenvalue weighted by Crippen LogP contribution is 2.22. The number of fused-ring (bicyclic) bond motifs is 1. The normalized spacial score (nSPS) is 10.7. The lowest BCUT2D eigenvalue weighted by Gasteiger charge is -2.06. The van der Waals surface area contributed by atoms with Crippen LogP contribution in [0.3, 0.4) is 0 Å². The number of nitrogen functional groups attached to an aromatic ring is 1. The van der Waals surface area contributed by atoms with Crippen molar-refractivity contribution in [2.24, 2.45) is 0 Å². The van der Waals surface area contributed by atoms with Crippen LogP contribution < -0.4 is 11.1 Å². The van der Waals surface area contributed by atoms with Gasteiger partial charge >= 0.3 is 0 Å². The van der Waals surface area contributed by atoms with Crippen molar-refractivity contribution in [3.8, 4) is 11.4 Å². The number of nitrogens with zero attached hydrogens (tertiary/aromatic N) is 1. The molecular formula is C20H16N4O. The molecule has 5 heteroatoms. The zero-order chi connectivity index (χ0) is 17.2. The van der Waals surface area contributed by atoms with E-state index in [0.717, 1.165) is 28.1 Å². The van der Waals surface area contributed by atoms with E-state index in [-0.39, 0.29) is 5.91 Å². The number of H-pyrrole nitrogens is 1. The number of imidazole rings is 1. The average molecular weight is 328 g/mol. The van der Waals surface area contributed by atoms with Gasteiger partial charge in [0.1, 0.15) is 5.82 Å². The third-order valence-corrected chi connectivity index (χ3v) is 3.98. The van der Waals surface area contributed by atoms with Crippen LogP contribution in [0, 0.1) is 0 Å². The highest BCUT2D eigenvalue weighted by Gasteiger charge is 2.07. The molecule has 0 aliphatic heterocycles. The van der Waals surface area contributed by atoms with E-state index in [1.807, 2.05) is 48.5 Å². The molecule has 0 atom stereocenters. The Morgan fingerprint density at radius 1 is 0.920 bits per heavy atom. The van der Waals surface area contributed by atoms with Crippen molar-refractivity contribution in [1.29, 1.82) is 0 Å². The lowest BCUT2D eigenvalue weighted by Crippen LogP contribution is -2.11. The Balaban J connectivity index is 1.53. The number of carbonyl (C=O) groups is 1. The Bertz CT molecular complexity index is 1000. The van der Waals surface area contributed by atoms with E-state index in [0.29, 0.717) is 11.3 Å². The van der Waals surface area contributed by atoms with Gasteiger partial charge in [0.2, 0.25) is 0 Å². The van der Waals surface area contributed by atoms with Gasteiger partial charge in [-0.25, -0.2) is 4.98 Å². The summed E-state index contributed by atoms with van der Waals surface area (Å²) in [6, 6.07) is 22.3. The summed E-state index contributed by atoms with van der Waals surface area (Å²) in [6.45, 7) is 0. The maximum absolute atomic E-state index is 12.2. The SMILES string of the molecule is Nc1ccc(C(=O)Nc2ccc(-c3nc4ccccc4[nH]3)cc2)cc1. The number of rotatable bonds is 3. The lowest BCUT2D eigenvalue weighted by atomic mass is 10.1. The van der Waals surface area contributed by atoms with Crippen molar-refractivity contribution in [3.63, 3.8) is 0 Å². The van der Waals surface area contributed by atoms with Gasteiger partial charge in [-0.1, -0.05) is 12.1 Å². The molecule has 0 unspecified atom stereocenters. The minimum Gasteiger partial charge on any atom is -0.399 e. The Morgan fingerprint density at radius 2 is 1.64 bits per heavy atom. The van der Waals surface area contributed by atoms with Gasteiger partial charge in [0.25, 0.3) is 5.91 Å². The number of nitrogens with two attached hydrogens (primary N) is 1. The summed E-state index contributed by atoms with van der Waals surface area (Å²) in [7, 11) is 0. The fourth-order valence-electron chi connectivity index (χ4n) is 2.64. The molecule has 3 aromatic carbocycles. The third-order valence-electron chi connectivity index (χ3n) is 3.98. The van der Waals surface area contributed by atoms with Crippen LogP contribution in [0.2, 0.25) is 0 Å². The standard InChI is InChI=1S/C20H16N4O/c21-15-9-5-14(6-10-15)20(25)22-16-11-7-13(8-12-16)19-23-17-3-1-2-4-18(17)24-19/h1-12H,21H2,(H,22,25)(H,23,24). The molecule has 4 N–H and O–H groups in total. The summed E-state index contributed by atoms with van der Waals surface area (Å²) in [5, 5.41) is 2.87. The molecule has 0 aliphatic rings. The number of carbonyl (C=O) groups excluding carboxylic acids is 1. The number of benzene rings is 3. The molecule has 25 heavy (non-hydrogen) atoms. The molecule has 4 aromatic rings. The zero-order valence-corrected chi connectivity index (χ0v) is 13.4. The first-order valence-electron chi connectivity index (χ1n) is 7.91. The molecule has 0 radical (unpaired) electrons. The first-order chi connectivity index (χ1) is 12.2. The van der Waals surface area contributed by atoms with Crippen LogP contribution >= 0.6 is 0 Å². The molecule has 0 bridgehead atoms. The summed E-state index contributed by atoms with van der Waals surface area (Å²) in [5.41, 5.74) is 10.4. The summed E-state index contributed by atoms with van der Waals surface area (Å²) in [5.74, 6) is 0.633. The van der Waals surface area contributed by atoms with E-state index < -0.39 is 0 Å². The smallest absolute Gasteiger partial charge is 0.255 e. The molecule has 1 amide bonds. The van der Waals surface area contributed by atoms with Crippen LogP contribution in [0.25, 0.3) is 22.4 Å². The van der Waals surface area contributed by atoms with E-state index in [1.54, 1.807) is 24.3 Å². The number of nitrogens with one attached hydrogen (secondary N) is 2. The first kappa shape index (κ1) is 15.0. The second-order valence-electron chi connectivity index (χ2n) is 5.76. The largest absolute Gasteiger partial charge is 0.399 e. The first-order valence-corrected chi connectivity index (χ1v) is 7.91. The van der Waals surface area contributed by atoms with E-state index in [9.17, 15) is 4.79 Å². The van der Waals surface area contributed by atoms with E-state index in [4.69, 9.17) is 5.73 Å². The second kappa shape index (κ2) is 6.13. The van der Waals surface area contributed by atoms with E-state index in [2.05, 4.69) is 15.3 Å². The number of para-hydroxylation sites is 2.